The van der Waals surface area contributed by atoms with Crippen LogP contribution in [0.15, 0.2) is 18.2 Å². The van der Waals surface area contributed by atoms with Gasteiger partial charge in [0.2, 0.25) is 0 Å². The van der Waals surface area contributed by atoms with E-state index in [0.29, 0.717) is 0 Å². The van der Waals surface area contributed by atoms with Crippen molar-refractivity contribution in [1.29, 1.82) is 0 Å². The molecule has 0 saturated heterocycles. The third kappa shape index (κ3) is 4.55. The third-order valence-electron chi connectivity index (χ3n) is 1.81. The summed E-state index contributed by atoms with van der Waals surface area (Å²) >= 11 is 5.45. The fourth-order valence-corrected chi connectivity index (χ4v) is 1.32. The second-order valence-corrected chi connectivity index (χ2v) is 3.53. The van der Waals surface area contributed by atoms with Crippen LogP contribution in [0.25, 0.3) is 0 Å². The van der Waals surface area contributed by atoms with Crippen LogP contribution in [-0.2, 0) is 0 Å². The molecule has 92 valence electrons. The number of hydrogen-bond acceptors (Lipinski definition) is 1. The number of rotatable bonds is 2. The van der Waals surface area contributed by atoms with Crippen LogP contribution in [0.4, 0.5) is 17.6 Å². The molecule has 0 unspecified atom stereocenters. The fraction of sp³-hybridized carbons (Fsp3) is 0.333. The van der Waals surface area contributed by atoms with Crippen molar-refractivity contribution in [1.82, 2.24) is 0 Å². The van der Waals surface area contributed by atoms with Gasteiger partial charge in [-0.1, -0.05) is 17.7 Å². The quantitative estimate of drug-likeness (QED) is 0.817. The molecule has 0 fully saturated rings. The van der Waals surface area contributed by atoms with Crippen molar-refractivity contribution in [2.24, 2.45) is 5.73 Å². The monoisotopic (exact) mass is 277 g/mol. The van der Waals surface area contributed by atoms with Crippen molar-refractivity contribution >= 4 is 24.0 Å². The Morgan fingerprint density at radius 1 is 1.31 bits per heavy atom. The first-order valence-corrected chi connectivity index (χ1v) is 4.44. The Balaban J connectivity index is 0.00000225. The summed E-state index contributed by atoms with van der Waals surface area (Å²) in [7, 11) is 0. The van der Waals surface area contributed by atoms with E-state index in [2.05, 4.69) is 0 Å². The molecule has 0 spiro atoms. The van der Waals surface area contributed by atoms with Crippen LogP contribution >= 0.6 is 24.0 Å². The van der Waals surface area contributed by atoms with E-state index < -0.39 is 24.5 Å². The second kappa shape index (κ2) is 5.70. The molecule has 0 aliphatic heterocycles. The Labute approximate surface area is 101 Å². The van der Waals surface area contributed by atoms with Gasteiger partial charge in [0, 0.05) is 16.6 Å². The molecule has 1 rings (SSSR count). The van der Waals surface area contributed by atoms with E-state index in [1.54, 1.807) is 0 Å². The van der Waals surface area contributed by atoms with E-state index in [-0.39, 0.29) is 23.0 Å². The van der Waals surface area contributed by atoms with E-state index in [9.17, 15) is 17.6 Å². The maximum Gasteiger partial charge on any atom is 0.390 e. The molecule has 1 aromatic rings. The molecule has 0 radical (unpaired) electrons. The van der Waals surface area contributed by atoms with Gasteiger partial charge in [0.1, 0.15) is 5.82 Å². The Bertz CT molecular complexity index is 354. The molecule has 7 heteroatoms. The lowest BCUT2D eigenvalue weighted by Crippen LogP contribution is -2.21. The van der Waals surface area contributed by atoms with Crippen molar-refractivity contribution in [3.63, 3.8) is 0 Å². The zero-order valence-electron chi connectivity index (χ0n) is 7.89. The fourth-order valence-electron chi connectivity index (χ4n) is 1.16. The average Bonchev–Trinajstić information content (AvgIpc) is 1.99. The van der Waals surface area contributed by atoms with Crippen LogP contribution in [0.3, 0.4) is 0 Å². The summed E-state index contributed by atoms with van der Waals surface area (Å²) in [6.07, 6.45) is -5.67. The van der Waals surface area contributed by atoms with Gasteiger partial charge in [-0.25, -0.2) is 4.39 Å². The summed E-state index contributed by atoms with van der Waals surface area (Å²) in [5.74, 6) is -0.820. The van der Waals surface area contributed by atoms with Crippen molar-refractivity contribution in [2.45, 2.75) is 18.6 Å². The Kier molecular flexibility index (Phi) is 5.52. The van der Waals surface area contributed by atoms with Gasteiger partial charge < -0.3 is 5.73 Å². The lowest BCUT2D eigenvalue weighted by molar-refractivity contribution is -0.138. The normalized spacial score (nSPS) is 13.1. The molecule has 1 atom stereocenters. The summed E-state index contributed by atoms with van der Waals surface area (Å²) in [5, 5.41) is 0.121. The highest BCUT2D eigenvalue weighted by atomic mass is 35.5. The van der Waals surface area contributed by atoms with Gasteiger partial charge in [0.25, 0.3) is 0 Å². The second-order valence-electron chi connectivity index (χ2n) is 3.09. The molecule has 16 heavy (non-hydrogen) atoms. The number of nitrogens with two attached hydrogens (primary N) is 1. The smallest absolute Gasteiger partial charge is 0.324 e. The SMILES string of the molecule is Cl.N[C@@H](CC(F)(F)F)c1ccc(Cl)cc1F. The third-order valence-corrected chi connectivity index (χ3v) is 2.05. The lowest BCUT2D eigenvalue weighted by Gasteiger charge is -2.15. The molecule has 0 aromatic heterocycles. The molecule has 0 aliphatic carbocycles. The summed E-state index contributed by atoms with van der Waals surface area (Å²) in [6.45, 7) is 0. The molecule has 0 saturated carbocycles. The molecule has 0 heterocycles. The predicted molar refractivity (Wildman–Crippen MR) is 56.3 cm³/mol. The number of halogens is 6. The van der Waals surface area contributed by atoms with Crippen LogP contribution in [0.5, 0.6) is 0 Å². The highest BCUT2D eigenvalue weighted by molar-refractivity contribution is 6.30. The minimum atomic E-state index is -4.41. The summed E-state index contributed by atoms with van der Waals surface area (Å²) in [5.41, 5.74) is 5.05. The predicted octanol–water partition coefficient (Wildman–Crippen LogP) is 3.85. The molecule has 1 nitrogen and oxygen atoms in total. The molecular weight excluding hydrogens is 269 g/mol. The van der Waals surface area contributed by atoms with E-state index in [1.807, 2.05) is 0 Å². The van der Waals surface area contributed by atoms with Gasteiger partial charge in [-0.15, -0.1) is 12.4 Å². The number of alkyl halides is 3. The van der Waals surface area contributed by atoms with Crippen LogP contribution in [0, 0.1) is 5.82 Å². The van der Waals surface area contributed by atoms with Crippen LogP contribution in [0.2, 0.25) is 5.02 Å². The molecule has 2 N–H and O–H groups in total. The van der Waals surface area contributed by atoms with Gasteiger partial charge in [-0.05, 0) is 12.1 Å². The molecule has 1 aromatic carbocycles. The maximum atomic E-state index is 13.1. The summed E-state index contributed by atoms with van der Waals surface area (Å²) in [4.78, 5) is 0. The maximum absolute atomic E-state index is 13.1. The van der Waals surface area contributed by atoms with E-state index in [4.69, 9.17) is 17.3 Å². The lowest BCUT2D eigenvalue weighted by atomic mass is 10.0. The Morgan fingerprint density at radius 3 is 2.31 bits per heavy atom. The van der Waals surface area contributed by atoms with Crippen molar-refractivity contribution in [3.05, 3.63) is 34.6 Å². The van der Waals surface area contributed by atoms with Gasteiger partial charge in [-0.2, -0.15) is 13.2 Å². The van der Waals surface area contributed by atoms with E-state index in [0.717, 1.165) is 12.1 Å². The highest BCUT2D eigenvalue weighted by Gasteiger charge is 2.31. The van der Waals surface area contributed by atoms with Gasteiger partial charge >= 0.3 is 6.18 Å². The molecule has 0 aliphatic rings. The largest absolute Gasteiger partial charge is 0.390 e. The summed E-state index contributed by atoms with van der Waals surface area (Å²) < 4.78 is 49.1. The first kappa shape index (κ1) is 15.5. The van der Waals surface area contributed by atoms with E-state index >= 15 is 0 Å². The zero-order valence-corrected chi connectivity index (χ0v) is 9.46. The van der Waals surface area contributed by atoms with Crippen LogP contribution in [-0.4, -0.2) is 6.18 Å². The van der Waals surface area contributed by atoms with Crippen LogP contribution < -0.4 is 5.73 Å². The number of hydrogen-bond donors (Lipinski definition) is 1. The average molecular weight is 278 g/mol. The summed E-state index contributed by atoms with van der Waals surface area (Å²) in [6, 6.07) is 2.00. The standard InChI is InChI=1S/C9H8ClF4N.ClH/c10-5-1-2-6(7(11)3-5)8(15)4-9(12,13)14;/h1-3,8H,4,15H2;1H/t8-;/m0./s1. The topological polar surface area (TPSA) is 26.0 Å². The first-order valence-electron chi connectivity index (χ1n) is 4.07. The Hall–Kier alpha value is -0.520. The Morgan fingerprint density at radius 2 is 1.88 bits per heavy atom. The van der Waals surface area contributed by atoms with Crippen molar-refractivity contribution in [3.8, 4) is 0 Å². The molecular formula is C9H9Cl2F4N. The van der Waals surface area contributed by atoms with E-state index in [1.165, 1.54) is 6.07 Å². The molecule has 0 amide bonds. The number of benzene rings is 1. The minimum Gasteiger partial charge on any atom is -0.324 e. The first-order chi connectivity index (χ1) is 6.79. The van der Waals surface area contributed by atoms with Gasteiger partial charge in [0.15, 0.2) is 0 Å². The highest BCUT2D eigenvalue weighted by Crippen LogP contribution is 2.29. The van der Waals surface area contributed by atoms with Gasteiger partial charge in [0.05, 0.1) is 6.42 Å². The minimum absolute atomic E-state index is 0. The van der Waals surface area contributed by atoms with Crippen molar-refractivity contribution < 1.29 is 17.6 Å². The van der Waals surface area contributed by atoms with Gasteiger partial charge in [-0.3, -0.25) is 0 Å². The molecule has 0 bridgehead atoms. The zero-order chi connectivity index (χ0) is 11.6. The van der Waals surface area contributed by atoms with Crippen LogP contribution in [0.1, 0.15) is 18.0 Å². The van der Waals surface area contributed by atoms with Crippen molar-refractivity contribution in [2.75, 3.05) is 0 Å².